The molecule has 5 N–H and O–H groups in total. The number of hydrogen-bond donors (Lipinski definition) is 6. The van der Waals surface area contributed by atoms with Crippen LogP contribution in [0.2, 0.25) is 0 Å². The molecule has 3 rings (SSSR count). The Bertz CT molecular complexity index is 2290. The van der Waals surface area contributed by atoms with Gasteiger partial charge in [0.05, 0.1) is 31.5 Å². The summed E-state index contributed by atoms with van der Waals surface area (Å²) in [7, 11) is 6.30. The van der Waals surface area contributed by atoms with Crippen molar-refractivity contribution >= 4 is 72.7 Å². The van der Waals surface area contributed by atoms with Crippen LogP contribution in [0.25, 0.3) is 20.9 Å². The first-order valence-corrected chi connectivity index (χ1v) is 26.6. The summed E-state index contributed by atoms with van der Waals surface area (Å²) in [5.41, 5.74) is 21.7. The SMILES string of the molecule is C.C.C.C=C.CC.CC(C)(CCCN=[N+]=[N-])C(=O)OCCN.CNS.CNS.COc1cc(CC(=O)CC(=O)CCc2ccc(OC(=O)CCCC(=O)CON3C(=O)CCC3=O)c(OC)c2)ccc1O.[CH2-]COC(=O)C(C)(C)CCCN=[N+]=[N-].[CH3-].[Y]. The Balaban J connectivity index is -0.000000159. The zero-order valence-corrected chi connectivity index (χ0v) is 55.0. The maximum Gasteiger partial charge on any atom is 0.311 e. The third-order valence-corrected chi connectivity index (χ3v) is 10.3. The molecular weight excluding hydrogens is 1230 g/mol. The van der Waals surface area contributed by atoms with Gasteiger partial charge >= 0.3 is 17.9 Å². The maximum absolute atomic E-state index is 12.4. The Morgan fingerprint density at radius 3 is 1.66 bits per heavy atom. The van der Waals surface area contributed by atoms with E-state index < -0.39 is 35.2 Å². The minimum absolute atomic E-state index is 0. The number of rotatable bonds is 30. The predicted molar refractivity (Wildman–Crippen MR) is 342 cm³/mol. The molecule has 1 aliphatic rings. The number of methoxy groups -OCH3 is 2. The number of azide groups is 2. The summed E-state index contributed by atoms with van der Waals surface area (Å²) in [5.74, 6) is -2.22. The third kappa shape index (κ3) is 48.5. The molecule has 28 heteroatoms. The van der Waals surface area contributed by atoms with E-state index in [1.807, 2.05) is 27.7 Å². The van der Waals surface area contributed by atoms with Crippen LogP contribution in [0.5, 0.6) is 23.0 Å². The fraction of sp³-hybridized carbons (Fsp3) is 0.586. The van der Waals surface area contributed by atoms with Gasteiger partial charge < -0.3 is 48.9 Å². The van der Waals surface area contributed by atoms with Gasteiger partial charge in [0.15, 0.2) is 28.8 Å². The topological polar surface area (TPSA) is 363 Å². The first-order valence-electron chi connectivity index (χ1n) is 25.8. The number of phenols is 1. The molecule has 2 amide bonds. The summed E-state index contributed by atoms with van der Waals surface area (Å²) in [6, 6.07) is 9.45. The number of hydroxylamine groups is 2. The second-order valence-electron chi connectivity index (χ2n) is 17.5. The van der Waals surface area contributed by atoms with Gasteiger partial charge in [-0.15, -0.1) is 13.2 Å². The van der Waals surface area contributed by atoms with Crippen LogP contribution in [-0.4, -0.2) is 125 Å². The number of benzene rings is 2. The molecule has 0 unspecified atom stereocenters. The summed E-state index contributed by atoms with van der Waals surface area (Å²) in [6.07, 6.45) is 3.18. The average Bonchev–Trinajstić information content (AvgIpc) is 3.88. The molecule has 0 bridgehead atoms. The average molecular weight is 1330 g/mol. The molecule has 0 aromatic heterocycles. The zero-order chi connectivity index (χ0) is 62.8. The van der Waals surface area contributed by atoms with E-state index in [4.69, 9.17) is 45.3 Å². The zero-order valence-electron chi connectivity index (χ0n) is 50.4. The number of nitrogens with zero attached hydrogens (tertiary/aromatic N) is 7. The minimum Gasteiger partial charge on any atom is -0.504 e. The fourth-order valence-electron chi connectivity index (χ4n) is 6.29. The smallest absolute Gasteiger partial charge is 0.311 e. The van der Waals surface area contributed by atoms with E-state index >= 15 is 0 Å². The molecule has 2 aromatic rings. The van der Waals surface area contributed by atoms with E-state index in [1.54, 1.807) is 58.3 Å². The number of Topliss-reactive ketones (excluding diaryl/α,β-unsaturated/α-hetero) is 3. The predicted octanol–water partition coefficient (Wildman–Crippen LogP) is 11.2. The molecule has 1 aliphatic heterocycles. The third-order valence-electron chi connectivity index (χ3n) is 10.3. The van der Waals surface area contributed by atoms with Crippen molar-refractivity contribution in [2.45, 2.75) is 147 Å². The maximum atomic E-state index is 12.4. The molecule has 1 fully saturated rings. The van der Waals surface area contributed by atoms with Crippen LogP contribution in [-0.2, 0) is 98.2 Å². The van der Waals surface area contributed by atoms with Crippen LogP contribution in [0.15, 0.2) is 59.8 Å². The molecule has 1 radical (unpaired) electrons. The number of imide groups is 1. The molecular formula is C58H102N10O15S2Y-2. The monoisotopic (exact) mass is 1330 g/mol. The first kappa shape index (κ1) is 99.4. The number of nitrogens with one attached hydrogen (secondary N) is 2. The molecule has 491 valence electrons. The van der Waals surface area contributed by atoms with Gasteiger partial charge in [-0.1, -0.05) is 84.1 Å². The largest absolute Gasteiger partial charge is 0.504 e. The molecule has 0 saturated carbocycles. The number of amides is 2. The van der Waals surface area contributed by atoms with E-state index in [0.717, 1.165) is 5.56 Å². The fourth-order valence-corrected chi connectivity index (χ4v) is 6.29. The van der Waals surface area contributed by atoms with Crippen LogP contribution < -0.4 is 29.4 Å². The van der Waals surface area contributed by atoms with E-state index in [1.165, 1.54) is 20.3 Å². The van der Waals surface area contributed by atoms with E-state index in [9.17, 15) is 43.5 Å². The van der Waals surface area contributed by atoms with Gasteiger partial charge in [-0.05, 0) is 133 Å². The van der Waals surface area contributed by atoms with Crippen molar-refractivity contribution in [1.29, 1.82) is 0 Å². The Hall–Kier alpha value is -5.60. The second-order valence-corrected chi connectivity index (χ2v) is 18.4. The van der Waals surface area contributed by atoms with Gasteiger partial charge in [0.1, 0.15) is 24.8 Å². The van der Waals surface area contributed by atoms with E-state index in [2.05, 4.69) is 75.2 Å². The Morgan fingerprint density at radius 1 is 0.744 bits per heavy atom. The molecule has 2 aromatic carbocycles. The van der Waals surface area contributed by atoms with Crippen molar-refractivity contribution in [1.82, 2.24) is 14.5 Å². The Labute approximate surface area is 549 Å². The number of hydrogen-bond acceptors (Lipinski definition) is 22. The van der Waals surface area contributed by atoms with Crippen LogP contribution in [0.4, 0.5) is 0 Å². The number of thiol groups is 2. The summed E-state index contributed by atoms with van der Waals surface area (Å²) in [6.45, 7) is 21.8. The van der Waals surface area contributed by atoms with Crippen LogP contribution in [0.3, 0.4) is 0 Å². The minimum atomic E-state index is -0.584. The van der Waals surface area contributed by atoms with Crippen molar-refractivity contribution in [3.63, 3.8) is 0 Å². The summed E-state index contributed by atoms with van der Waals surface area (Å²) in [5, 5.41) is 17.1. The number of phenolic OH excluding ortho intramolecular Hbond substituents is 1. The van der Waals surface area contributed by atoms with Crippen LogP contribution in [0, 0.1) is 25.2 Å². The van der Waals surface area contributed by atoms with Gasteiger partial charge in [0.2, 0.25) is 0 Å². The Morgan fingerprint density at radius 2 is 1.21 bits per heavy atom. The number of esters is 3. The number of carbonyl (C=O) groups is 8. The summed E-state index contributed by atoms with van der Waals surface area (Å²) < 4.78 is 30.4. The van der Waals surface area contributed by atoms with Crippen molar-refractivity contribution in [3.05, 3.63) is 95.9 Å². The van der Waals surface area contributed by atoms with Gasteiger partial charge in [-0.25, -0.2) is 0 Å². The van der Waals surface area contributed by atoms with E-state index in [-0.39, 0.29) is 179 Å². The van der Waals surface area contributed by atoms with Crippen molar-refractivity contribution in [2.75, 3.05) is 67.8 Å². The van der Waals surface area contributed by atoms with Gasteiger partial charge in [-0.3, -0.25) is 52.6 Å². The molecule has 1 saturated heterocycles. The van der Waals surface area contributed by atoms with Crippen molar-refractivity contribution < 1.29 is 105 Å². The van der Waals surface area contributed by atoms with E-state index in [0.29, 0.717) is 62.4 Å². The van der Waals surface area contributed by atoms with Crippen LogP contribution in [0.1, 0.15) is 146 Å². The number of nitrogens with two attached hydrogens (primary N) is 1. The number of carbonyl (C=O) groups excluding carboxylic acids is 8. The van der Waals surface area contributed by atoms with Crippen molar-refractivity contribution in [3.8, 4) is 23.0 Å². The molecule has 1 heterocycles. The molecule has 25 nitrogen and oxygen atoms in total. The normalized spacial score (nSPS) is 10.3. The quantitative estimate of drug-likeness (QED) is 0.00362. The van der Waals surface area contributed by atoms with Gasteiger partial charge in [0, 0.05) is 101 Å². The Kier molecular flexibility index (Phi) is 72.2. The molecule has 0 aliphatic carbocycles. The number of aryl methyl sites for hydroxylation is 1. The summed E-state index contributed by atoms with van der Waals surface area (Å²) in [4.78, 5) is 105. The number of ketones is 3. The second kappa shape index (κ2) is 62.5. The molecule has 0 atom stereocenters. The van der Waals surface area contributed by atoms with Gasteiger partial charge in [0.25, 0.3) is 11.8 Å². The van der Waals surface area contributed by atoms with Crippen LogP contribution >= 0.6 is 25.6 Å². The van der Waals surface area contributed by atoms with Gasteiger partial charge in [-0.2, -0.15) is 5.06 Å². The first-order chi connectivity index (χ1) is 38.5. The number of ether oxygens (including phenoxy) is 5. The molecule has 0 spiro atoms. The standard InChI is InChI=1S/C30H33NO11.C9H18N4O2.C9H16N3O2.C2H6.C2H4.2CH5NS.3CH4.CH3.Y/c1-39-26-16-20(7-10-24(26)35)14-23(34)17-21(32)9-6-19-8-11-25(27(15-19)40-2)42-30(38)5-3-4-22(33)18-41-31-28(36)12-13-29(31)37;1-9(2,4-3-6-12-13-11)8(14)15-7-5-10;1-4-14-8(13)9(2,3)6-5-7-11-12-10;2*1-2;2*1-2-3;;;;;/h7-8,10-11,15-16,35H,3-6,9,12-14,17-18H2,1-2H3;3-7,10H2,1-2H3;1,4-7H2,2-3H3;1-2H3;1-2H2;2*2-3H,1H3;3*1H4;1H3;/q;;-1;;;;;;;;-1;. The number of aromatic hydroxyl groups is 1. The van der Waals surface area contributed by atoms with Crippen molar-refractivity contribution in [2.24, 2.45) is 26.8 Å². The molecule has 86 heavy (non-hydrogen) atoms. The summed E-state index contributed by atoms with van der Waals surface area (Å²) >= 11 is 7.08.